The lowest BCUT2D eigenvalue weighted by Crippen LogP contribution is -2.50. The molecule has 0 radical (unpaired) electrons. The van der Waals surface area contributed by atoms with Crippen LogP contribution in [-0.4, -0.2) is 31.7 Å². The number of carbonyl (C=O) groups excluding carboxylic acids is 1. The first kappa shape index (κ1) is 12.5. The molecule has 1 amide bonds. The Kier molecular flexibility index (Phi) is 2.94. The summed E-state index contributed by atoms with van der Waals surface area (Å²) in [5.74, 6) is 1.43. The fourth-order valence-corrected chi connectivity index (χ4v) is 3.95. The van der Waals surface area contributed by atoms with Gasteiger partial charge in [-0.2, -0.15) is 0 Å². The molecule has 0 aromatic heterocycles. The van der Waals surface area contributed by atoms with Gasteiger partial charge in [0, 0.05) is 6.92 Å². The third-order valence-electron chi connectivity index (χ3n) is 5.26. The third-order valence-corrected chi connectivity index (χ3v) is 5.26. The van der Waals surface area contributed by atoms with Gasteiger partial charge in [0.1, 0.15) is 0 Å². The van der Waals surface area contributed by atoms with E-state index < -0.39 is 0 Å². The van der Waals surface area contributed by atoms with Crippen LogP contribution in [0.5, 0.6) is 0 Å². The summed E-state index contributed by atoms with van der Waals surface area (Å²) < 4.78 is 12.0. The van der Waals surface area contributed by atoms with Gasteiger partial charge in [0.25, 0.3) is 0 Å². The lowest BCUT2D eigenvalue weighted by molar-refractivity contribution is -0.118. The van der Waals surface area contributed by atoms with E-state index in [4.69, 9.17) is 9.31 Å². The zero-order valence-electron chi connectivity index (χ0n) is 11.4. The molecule has 1 heterocycles. The van der Waals surface area contributed by atoms with Crippen LogP contribution in [0.3, 0.4) is 0 Å². The summed E-state index contributed by atoms with van der Waals surface area (Å²) >= 11 is 0. The Morgan fingerprint density at radius 3 is 2.83 bits per heavy atom. The van der Waals surface area contributed by atoms with Gasteiger partial charge >= 0.3 is 7.12 Å². The molecule has 5 heteroatoms. The van der Waals surface area contributed by atoms with Gasteiger partial charge in [-0.15, -0.1) is 0 Å². The van der Waals surface area contributed by atoms with Gasteiger partial charge < -0.3 is 14.6 Å². The SMILES string of the molecule is CC(=O)NCB1OC2CCC3CC(C2O1)C3(C)C. The van der Waals surface area contributed by atoms with Crippen LogP contribution in [0, 0.1) is 17.3 Å². The van der Waals surface area contributed by atoms with E-state index >= 15 is 0 Å². The Labute approximate surface area is 109 Å². The number of nitrogens with one attached hydrogen (secondary N) is 1. The second-order valence-corrected chi connectivity index (χ2v) is 6.58. The molecule has 100 valence electrons. The van der Waals surface area contributed by atoms with E-state index in [2.05, 4.69) is 19.2 Å². The molecule has 4 unspecified atom stereocenters. The van der Waals surface area contributed by atoms with Crippen molar-refractivity contribution in [3.63, 3.8) is 0 Å². The highest BCUT2D eigenvalue weighted by molar-refractivity contribution is 6.45. The molecule has 4 atom stereocenters. The number of amides is 1. The van der Waals surface area contributed by atoms with E-state index in [9.17, 15) is 4.79 Å². The van der Waals surface area contributed by atoms with Crippen molar-refractivity contribution in [1.29, 1.82) is 0 Å². The molecule has 1 saturated heterocycles. The van der Waals surface area contributed by atoms with E-state index in [0.717, 1.165) is 12.3 Å². The molecule has 1 aliphatic heterocycles. The molecular weight excluding hydrogens is 229 g/mol. The van der Waals surface area contributed by atoms with Crippen LogP contribution in [0.4, 0.5) is 0 Å². The van der Waals surface area contributed by atoms with E-state index in [-0.39, 0.29) is 25.2 Å². The van der Waals surface area contributed by atoms with E-state index in [0.29, 0.717) is 17.8 Å². The van der Waals surface area contributed by atoms with Crippen molar-refractivity contribution in [2.75, 3.05) is 6.44 Å². The second-order valence-electron chi connectivity index (χ2n) is 6.58. The molecule has 4 rings (SSSR count). The maximum absolute atomic E-state index is 10.9. The number of carbonyl (C=O) groups is 1. The average Bonchev–Trinajstić information content (AvgIpc) is 2.55. The van der Waals surface area contributed by atoms with Crippen molar-refractivity contribution >= 4 is 13.0 Å². The highest BCUT2D eigenvalue weighted by atomic mass is 16.7. The summed E-state index contributed by atoms with van der Waals surface area (Å²) in [5.41, 5.74) is 0.395. The predicted molar refractivity (Wildman–Crippen MR) is 68.8 cm³/mol. The molecule has 0 spiro atoms. The lowest BCUT2D eigenvalue weighted by atomic mass is 9.53. The summed E-state index contributed by atoms with van der Waals surface area (Å²) in [7, 11) is -0.253. The van der Waals surface area contributed by atoms with Gasteiger partial charge in [0.05, 0.1) is 18.7 Å². The minimum absolute atomic E-state index is 0.0293. The van der Waals surface area contributed by atoms with E-state index in [1.165, 1.54) is 19.8 Å². The molecule has 0 aromatic carbocycles. The summed E-state index contributed by atoms with van der Waals surface area (Å²) in [6, 6.07) is 0. The zero-order valence-corrected chi connectivity index (χ0v) is 11.4. The molecule has 4 aliphatic rings. The molecule has 4 nitrogen and oxygen atoms in total. The standard InChI is InChI=1S/C13H22BNO3/c1-8(16)15-7-14-17-11-5-4-9-6-10(12(11)18-14)13(9,2)3/h9-12H,4-7H2,1-3H3,(H,15,16). The van der Waals surface area contributed by atoms with Crippen LogP contribution in [-0.2, 0) is 14.1 Å². The van der Waals surface area contributed by atoms with Crippen molar-refractivity contribution in [2.24, 2.45) is 17.3 Å². The van der Waals surface area contributed by atoms with Gasteiger partial charge in [0.15, 0.2) is 0 Å². The van der Waals surface area contributed by atoms with Crippen molar-refractivity contribution in [3.8, 4) is 0 Å². The van der Waals surface area contributed by atoms with Gasteiger partial charge in [-0.05, 0) is 36.5 Å². The van der Waals surface area contributed by atoms with Crippen LogP contribution < -0.4 is 5.32 Å². The zero-order chi connectivity index (χ0) is 12.9. The van der Waals surface area contributed by atoms with Crippen LogP contribution >= 0.6 is 0 Å². The fourth-order valence-electron chi connectivity index (χ4n) is 3.95. The Bertz CT molecular complexity index is 358. The molecule has 4 fully saturated rings. The minimum atomic E-state index is -0.253. The van der Waals surface area contributed by atoms with Crippen molar-refractivity contribution in [2.45, 2.75) is 52.2 Å². The Balaban J connectivity index is 1.65. The summed E-state index contributed by atoms with van der Waals surface area (Å²) in [6.45, 7) is 6.24. The first-order valence-corrected chi connectivity index (χ1v) is 7.04. The minimum Gasteiger partial charge on any atom is -0.405 e. The van der Waals surface area contributed by atoms with Gasteiger partial charge in [0.2, 0.25) is 5.91 Å². The lowest BCUT2D eigenvalue weighted by Gasteiger charge is -2.53. The quantitative estimate of drug-likeness (QED) is 0.754. The topological polar surface area (TPSA) is 47.6 Å². The van der Waals surface area contributed by atoms with Crippen molar-refractivity contribution in [3.05, 3.63) is 0 Å². The Morgan fingerprint density at radius 2 is 2.17 bits per heavy atom. The number of hydrogen-bond acceptors (Lipinski definition) is 3. The summed E-state index contributed by atoms with van der Waals surface area (Å²) in [5, 5.41) is 2.77. The molecule has 18 heavy (non-hydrogen) atoms. The normalized spacial score (nSPS) is 40.7. The van der Waals surface area contributed by atoms with Crippen LogP contribution in [0.1, 0.15) is 40.0 Å². The van der Waals surface area contributed by atoms with Crippen molar-refractivity contribution < 1.29 is 14.1 Å². The Morgan fingerprint density at radius 1 is 1.39 bits per heavy atom. The second kappa shape index (κ2) is 4.24. The first-order valence-electron chi connectivity index (χ1n) is 7.04. The third kappa shape index (κ3) is 1.88. The Hall–Kier alpha value is -0.545. The number of hydrogen-bond donors (Lipinski definition) is 1. The first-order chi connectivity index (χ1) is 8.48. The molecule has 2 bridgehead atoms. The fraction of sp³-hybridized carbons (Fsp3) is 0.923. The molecular formula is C13H22BNO3. The highest BCUT2D eigenvalue weighted by Crippen LogP contribution is 2.59. The number of fused-ring (bicyclic) bond motifs is 1. The smallest absolute Gasteiger partial charge is 0.405 e. The van der Waals surface area contributed by atoms with E-state index in [1.807, 2.05) is 0 Å². The number of rotatable bonds is 2. The molecule has 3 aliphatic carbocycles. The predicted octanol–water partition coefficient (Wildman–Crippen LogP) is 1.39. The van der Waals surface area contributed by atoms with Gasteiger partial charge in [-0.25, -0.2) is 0 Å². The highest BCUT2D eigenvalue weighted by Gasteiger charge is 2.58. The largest absolute Gasteiger partial charge is 0.478 e. The van der Waals surface area contributed by atoms with Crippen LogP contribution in [0.25, 0.3) is 0 Å². The van der Waals surface area contributed by atoms with Crippen LogP contribution in [0.15, 0.2) is 0 Å². The molecule has 0 aromatic rings. The van der Waals surface area contributed by atoms with Gasteiger partial charge in [-0.1, -0.05) is 13.8 Å². The molecule has 3 saturated carbocycles. The average molecular weight is 251 g/mol. The maximum atomic E-state index is 10.9. The maximum Gasteiger partial charge on any atom is 0.478 e. The van der Waals surface area contributed by atoms with Crippen LogP contribution in [0.2, 0.25) is 0 Å². The summed E-state index contributed by atoms with van der Waals surface area (Å²) in [4.78, 5) is 10.9. The van der Waals surface area contributed by atoms with E-state index in [1.54, 1.807) is 0 Å². The molecule has 1 N–H and O–H groups in total. The van der Waals surface area contributed by atoms with Gasteiger partial charge in [-0.3, -0.25) is 4.79 Å². The van der Waals surface area contributed by atoms with Crippen molar-refractivity contribution in [1.82, 2.24) is 5.32 Å². The summed E-state index contributed by atoms with van der Waals surface area (Å²) in [6.07, 6.45) is 4.58. The monoisotopic (exact) mass is 251 g/mol.